The van der Waals surface area contributed by atoms with Gasteiger partial charge < -0.3 is 9.47 Å². The molecular weight excluding hydrogens is 164 g/mol. The van der Waals surface area contributed by atoms with E-state index in [9.17, 15) is 0 Å². The average molecular weight is 184 g/mol. The van der Waals surface area contributed by atoms with Crippen molar-refractivity contribution >= 4 is 0 Å². The van der Waals surface area contributed by atoms with E-state index in [1.165, 1.54) is 24.8 Å². The van der Waals surface area contributed by atoms with Crippen LogP contribution in [-0.2, 0) is 9.47 Å². The second kappa shape index (κ2) is 6.03. The summed E-state index contributed by atoms with van der Waals surface area (Å²) in [6.07, 6.45) is 7.79. The van der Waals surface area contributed by atoms with Crippen LogP contribution in [0.25, 0.3) is 0 Å². The van der Waals surface area contributed by atoms with Crippen LogP contribution in [0, 0.1) is 0 Å². The topological polar surface area (TPSA) is 18.5 Å². The average Bonchev–Trinajstić information content (AvgIpc) is 2.17. The summed E-state index contributed by atoms with van der Waals surface area (Å²) < 4.78 is 10.8. The Labute approximate surface area is 80.9 Å². The fourth-order valence-electron chi connectivity index (χ4n) is 1.50. The molecule has 0 fully saturated rings. The fraction of sp³-hybridized carbons (Fsp3) is 0.818. The van der Waals surface area contributed by atoms with Crippen molar-refractivity contribution in [1.82, 2.24) is 0 Å². The highest BCUT2D eigenvalue weighted by Gasteiger charge is 2.14. The molecule has 0 aliphatic carbocycles. The van der Waals surface area contributed by atoms with E-state index in [1.807, 2.05) is 13.2 Å². The highest BCUT2D eigenvalue weighted by Crippen LogP contribution is 2.22. The molecule has 0 spiro atoms. The molecule has 0 amide bonds. The highest BCUT2D eigenvalue weighted by atomic mass is 16.7. The molecule has 1 unspecified atom stereocenters. The molecule has 1 rings (SSSR count). The predicted molar refractivity (Wildman–Crippen MR) is 53.3 cm³/mol. The molecule has 0 bridgehead atoms. The minimum absolute atomic E-state index is 0.00961. The Balaban J connectivity index is 2.22. The van der Waals surface area contributed by atoms with Crippen LogP contribution in [-0.4, -0.2) is 12.9 Å². The van der Waals surface area contributed by atoms with Crippen LogP contribution in [0.5, 0.6) is 0 Å². The second-order valence-corrected chi connectivity index (χ2v) is 3.44. The lowest BCUT2D eigenvalue weighted by molar-refractivity contribution is -0.113. The van der Waals surface area contributed by atoms with E-state index in [2.05, 4.69) is 6.92 Å². The largest absolute Gasteiger partial charge is 0.473 e. The Hall–Kier alpha value is -0.500. The number of allylic oxidation sites excluding steroid dienone is 1. The first kappa shape index (κ1) is 10.6. The number of unbranched alkanes of at least 4 members (excludes halogenated alkanes) is 1. The number of hydrogen-bond donors (Lipinski definition) is 0. The van der Waals surface area contributed by atoms with Gasteiger partial charge in [0, 0.05) is 13.0 Å². The predicted octanol–water partition coefficient (Wildman–Crippen LogP) is 3.23. The zero-order valence-corrected chi connectivity index (χ0v) is 8.71. The van der Waals surface area contributed by atoms with Gasteiger partial charge in [-0.1, -0.05) is 13.3 Å². The Kier molecular flexibility index (Phi) is 4.91. The smallest absolute Gasteiger partial charge is 0.199 e. The van der Waals surface area contributed by atoms with Crippen LogP contribution in [0.3, 0.4) is 0 Å². The minimum atomic E-state index is 0.00961. The van der Waals surface area contributed by atoms with Crippen molar-refractivity contribution in [3.63, 3.8) is 0 Å². The van der Waals surface area contributed by atoms with Gasteiger partial charge in [0.05, 0.1) is 6.26 Å². The van der Waals surface area contributed by atoms with Crippen molar-refractivity contribution in [2.45, 2.75) is 52.2 Å². The maximum atomic E-state index is 5.44. The zero-order valence-electron chi connectivity index (χ0n) is 8.71. The lowest BCUT2D eigenvalue weighted by Gasteiger charge is -2.22. The van der Waals surface area contributed by atoms with Gasteiger partial charge in [-0.05, 0) is 31.8 Å². The van der Waals surface area contributed by atoms with Crippen LogP contribution in [0.15, 0.2) is 11.8 Å². The van der Waals surface area contributed by atoms with E-state index in [1.54, 1.807) is 0 Å². The van der Waals surface area contributed by atoms with E-state index >= 15 is 0 Å². The summed E-state index contributed by atoms with van der Waals surface area (Å²) in [5, 5.41) is 0. The summed E-state index contributed by atoms with van der Waals surface area (Å²) in [4.78, 5) is 0. The lowest BCUT2D eigenvalue weighted by Crippen LogP contribution is -2.18. The van der Waals surface area contributed by atoms with Gasteiger partial charge in [-0.15, -0.1) is 0 Å². The van der Waals surface area contributed by atoms with Gasteiger partial charge in [-0.25, -0.2) is 0 Å². The minimum Gasteiger partial charge on any atom is -0.473 e. The van der Waals surface area contributed by atoms with E-state index in [-0.39, 0.29) is 6.29 Å². The monoisotopic (exact) mass is 184 g/mol. The van der Waals surface area contributed by atoms with Gasteiger partial charge in [0.15, 0.2) is 6.29 Å². The van der Waals surface area contributed by atoms with Crippen LogP contribution in [0.1, 0.15) is 46.0 Å². The summed E-state index contributed by atoms with van der Waals surface area (Å²) in [5.41, 5.74) is 1.44. The molecule has 1 aliphatic heterocycles. The molecule has 2 heteroatoms. The molecule has 13 heavy (non-hydrogen) atoms. The Bertz CT molecular complexity index is 163. The number of ether oxygens (including phenoxy) is 2. The second-order valence-electron chi connectivity index (χ2n) is 3.44. The summed E-state index contributed by atoms with van der Waals surface area (Å²) in [5.74, 6) is 0. The van der Waals surface area contributed by atoms with E-state index < -0.39 is 0 Å². The summed E-state index contributed by atoms with van der Waals surface area (Å²) >= 11 is 0. The summed E-state index contributed by atoms with van der Waals surface area (Å²) in [6.45, 7) is 4.95. The van der Waals surface area contributed by atoms with Gasteiger partial charge >= 0.3 is 0 Å². The molecule has 1 heterocycles. The van der Waals surface area contributed by atoms with Gasteiger partial charge in [0.1, 0.15) is 0 Å². The van der Waals surface area contributed by atoms with E-state index in [0.29, 0.717) is 0 Å². The van der Waals surface area contributed by atoms with E-state index in [0.717, 1.165) is 19.4 Å². The summed E-state index contributed by atoms with van der Waals surface area (Å²) in [7, 11) is 0. The molecule has 76 valence electrons. The lowest BCUT2D eigenvalue weighted by atomic mass is 10.0. The standard InChI is InChI=1S/C11H20O2/c1-3-5-6-10-7-8-11(12-4-2)13-9-10/h9,11H,3-8H2,1-2H3. The molecule has 0 saturated heterocycles. The Morgan fingerprint density at radius 3 is 2.92 bits per heavy atom. The third-order valence-electron chi connectivity index (χ3n) is 2.29. The first-order chi connectivity index (χ1) is 6.36. The SMILES string of the molecule is CCCCC1=COC(OCC)CC1. The number of rotatable bonds is 5. The first-order valence-electron chi connectivity index (χ1n) is 5.31. The van der Waals surface area contributed by atoms with Crippen molar-refractivity contribution in [2.24, 2.45) is 0 Å². The van der Waals surface area contributed by atoms with Crippen molar-refractivity contribution < 1.29 is 9.47 Å². The normalized spacial score (nSPS) is 22.3. The maximum Gasteiger partial charge on any atom is 0.199 e. The van der Waals surface area contributed by atoms with Gasteiger partial charge in [0.25, 0.3) is 0 Å². The quantitative estimate of drug-likeness (QED) is 0.653. The Morgan fingerprint density at radius 1 is 1.54 bits per heavy atom. The summed E-state index contributed by atoms with van der Waals surface area (Å²) in [6, 6.07) is 0. The van der Waals surface area contributed by atoms with Crippen molar-refractivity contribution in [3.8, 4) is 0 Å². The van der Waals surface area contributed by atoms with Crippen LogP contribution in [0.2, 0.25) is 0 Å². The molecule has 0 N–H and O–H groups in total. The van der Waals surface area contributed by atoms with Crippen molar-refractivity contribution in [1.29, 1.82) is 0 Å². The van der Waals surface area contributed by atoms with Crippen LogP contribution >= 0.6 is 0 Å². The van der Waals surface area contributed by atoms with Crippen molar-refractivity contribution in [2.75, 3.05) is 6.61 Å². The maximum absolute atomic E-state index is 5.44. The molecule has 0 aromatic heterocycles. The fourth-order valence-corrected chi connectivity index (χ4v) is 1.50. The molecular formula is C11H20O2. The third kappa shape index (κ3) is 3.81. The van der Waals surface area contributed by atoms with Crippen LogP contribution in [0.4, 0.5) is 0 Å². The van der Waals surface area contributed by atoms with Gasteiger partial charge in [-0.3, -0.25) is 0 Å². The van der Waals surface area contributed by atoms with Gasteiger partial charge in [-0.2, -0.15) is 0 Å². The first-order valence-corrected chi connectivity index (χ1v) is 5.31. The van der Waals surface area contributed by atoms with Crippen molar-refractivity contribution in [3.05, 3.63) is 11.8 Å². The van der Waals surface area contributed by atoms with Crippen LogP contribution < -0.4 is 0 Å². The molecule has 0 saturated carbocycles. The molecule has 1 atom stereocenters. The molecule has 2 nitrogen and oxygen atoms in total. The highest BCUT2D eigenvalue weighted by molar-refractivity contribution is 5.00. The molecule has 0 aromatic rings. The Morgan fingerprint density at radius 2 is 2.38 bits per heavy atom. The third-order valence-corrected chi connectivity index (χ3v) is 2.29. The molecule has 0 aromatic carbocycles. The number of hydrogen-bond acceptors (Lipinski definition) is 2. The van der Waals surface area contributed by atoms with Gasteiger partial charge in [0.2, 0.25) is 0 Å². The zero-order chi connectivity index (χ0) is 9.52. The molecule has 1 aliphatic rings. The van der Waals surface area contributed by atoms with E-state index in [4.69, 9.17) is 9.47 Å². The molecule has 0 radical (unpaired) electrons.